The zero-order chi connectivity index (χ0) is 24.5. The number of benzene rings is 2. The minimum absolute atomic E-state index is 0.0231. The van der Waals surface area contributed by atoms with Gasteiger partial charge in [-0.2, -0.15) is 0 Å². The Labute approximate surface area is 200 Å². The molecule has 1 aromatic heterocycles. The van der Waals surface area contributed by atoms with Crippen molar-refractivity contribution in [1.82, 2.24) is 0 Å². The van der Waals surface area contributed by atoms with Crippen molar-refractivity contribution in [2.75, 3.05) is 25.6 Å². The molecule has 1 amide bonds. The van der Waals surface area contributed by atoms with E-state index in [-0.39, 0.29) is 23.7 Å². The maximum atomic E-state index is 12.6. The van der Waals surface area contributed by atoms with E-state index in [1.165, 1.54) is 30.6 Å². The van der Waals surface area contributed by atoms with Gasteiger partial charge in [-0.15, -0.1) is 11.3 Å². The Morgan fingerprint density at radius 1 is 1.09 bits per heavy atom. The number of rotatable bonds is 9. The Bertz CT molecular complexity index is 1200. The summed E-state index contributed by atoms with van der Waals surface area (Å²) in [5.74, 6) is -1.64. The van der Waals surface area contributed by atoms with E-state index >= 15 is 0 Å². The average Bonchev–Trinajstić information content (AvgIpc) is 3.26. The lowest BCUT2D eigenvalue weighted by atomic mass is 10.0. The maximum absolute atomic E-state index is 12.6. The van der Waals surface area contributed by atoms with Crippen LogP contribution < -0.4 is 10.1 Å². The third-order valence-electron chi connectivity index (χ3n) is 4.57. The van der Waals surface area contributed by atoms with E-state index < -0.39 is 24.5 Å². The highest BCUT2D eigenvalue weighted by molar-refractivity contribution is 7.15. The number of aromatic hydroxyl groups is 1. The summed E-state index contributed by atoms with van der Waals surface area (Å²) in [4.78, 5) is 37.0. The van der Waals surface area contributed by atoms with Gasteiger partial charge in [0.15, 0.2) is 18.1 Å². The number of phenolic OH excluding ortho intramolecular Hbond substituents is 1. The van der Waals surface area contributed by atoms with Crippen molar-refractivity contribution in [3.8, 4) is 22.6 Å². The first-order valence-electron chi connectivity index (χ1n) is 10.3. The van der Waals surface area contributed by atoms with Crippen molar-refractivity contribution in [3.05, 3.63) is 71.1 Å². The van der Waals surface area contributed by atoms with Crippen molar-refractivity contribution < 1.29 is 33.7 Å². The number of hydrogen-bond acceptors (Lipinski definition) is 8. The lowest BCUT2D eigenvalue weighted by Gasteiger charge is -2.09. The molecule has 0 aliphatic carbocycles. The Hall–Kier alpha value is -4.11. The first-order chi connectivity index (χ1) is 16.4. The Morgan fingerprint density at radius 2 is 1.85 bits per heavy atom. The first kappa shape index (κ1) is 24.5. The predicted molar refractivity (Wildman–Crippen MR) is 129 cm³/mol. The summed E-state index contributed by atoms with van der Waals surface area (Å²) in [7, 11) is 1.42. The first-order valence-corrected chi connectivity index (χ1v) is 11.2. The van der Waals surface area contributed by atoms with Gasteiger partial charge in [-0.3, -0.25) is 4.79 Å². The fourth-order valence-corrected chi connectivity index (χ4v) is 3.97. The Balaban J connectivity index is 1.65. The molecule has 176 valence electrons. The smallest absolute Gasteiger partial charge is 0.341 e. The molecule has 1 heterocycles. The molecule has 0 unspecified atom stereocenters. The van der Waals surface area contributed by atoms with Gasteiger partial charge >= 0.3 is 11.9 Å². The number of thiophene rings is 1. The standard InChI is InChI=1S/C25H23NO7S/c1-3-32-25(30)23-18(17-7-5-4-6-8-17)15-34-24(23)26-21(28)14-33-22(29)12-10-16-9-11-19(27)20(13-16)31-2/h4-13,15,27H,3,14H2,1-2H3,(H,26,28)/b12-10+. The highest BCUT2D eigenvalue weighted by Gasteiger charge is 2.23. The van der Waals surface area contributed by atoms with Crippen molar-refractivity contribution in [2.24, 2.45) is 0 Å². The number of ether oxygens (including phenoxy) is 3. The zero-order valence-electron chi connectivity index (χ0n) is 18.6. The van der Waals surface area contributed by atoms with Gasteiger partial charge in [0, 0.05) is 17.0 Å². The zero-order valence-corrected chi connectivity index (χ0v) is 19.4. The van der Waals surface area contributed by atoms with E-state index in [4.69, 9.17) is 14.2 Å². The fourth-order valence-electron chi connectivity index (χ4n) is 3.00. The summed E-state index contributed by atoms with van der Waals surface area (Å²) in [6.07, 6.45) is 2.62. The van der Waals surface area contributed by atoms with Crippen LogP contribution in [0.2, 0.25) is 0 Å². The SMILES string of the molecule is CCOC(=O)c1c(-c2ccccc2)csc1NC(=O)COC(=O)/C=C/c1ccc(O)c(OC)c1. The van der Waals surface area contributed by atoms with Gasteiger partial charge in [-0.1, -0.05) is 36.4 Å². The lowest BCUT2D eigenvalue weighted by molar-refractivity contribution is -0.142. The van der Waals surface area contributed by atoms with Crippen LogP contribution in [-0.4, -0.2) is 43.3 Å². The third-order valence-corrected chi connectivity index (χ3v) is 5.46. The molecule has 0 saturated carbocycles. The molecule has 34 heavy (non-hydrogen) atoms. The third kappa shape index (κ3) is 6.23. The molecular formula is C25H23NO7S. The second-order valence-electron chi connectivity index (χ2n) is 6.86. The Morgan fingerprint density at radius 3 is 2.56 bits per heavy atom. The van der Waals surface area contributed by atoms with Crippen LogP contribution in [0, 0.1) is 0 Å². The van der Waals surface area contributed by atoms with E-state index in [9.17, 15) is 19.5 Å². The van der Waals surface area contributed by atoms with Gasteiger partial charge in [-0.05, 0) is 36.3 Å². The van der Waals surface area contributed by atoms with Crippen molar-refractivity contribution in [1.29, 1.82) is 0 Å². The molecule has 0 saturated heterocycles. The van der Waals surface area contributed by atoms with Crippen LogP contribution in [-0.2, 0) is 19.1 Å². The van der Waals surface area contributed by atoms with E-state index in [1.54, 1.807) is 24.4 Å². The van der Waals surface area contributed by atoms with Crippen LogP contribution in [0.4, 0.5) is 5.00 Å². The van der Waals surface area contributed by atoms with Gasteiger partial charge in [0.05, 0.1) is 13.7 Å². The van der Waals surface area contributed by atoms with E-state index in [0.717, 1.165) is 11.6 Å². The molecule has 8 nitrogen and oxygen atoms in total. The number of phenols is 1. The van der Waals surface area contributed by atoms with Crippen LogP contribution >= 0.6 is 11.3 Å². The number of amides is 1. The maximum Gasteiger partial charge on any atom is 0.341 e. The highest BCUT2D eigenvalue weighted by atomic mass is 32.1. The fraction of sp³-hybridized carbons (Fsp3) is 0.160. The lowest BCUT2D eigenvalue weighted by Crippen LogP contribution is -2.21. The summed E-state index contributed by atoms with van der Waals surface area (Å²) in [5.41, 5.74) is 2.30. The molecule has 2 aromatic carbocycles. The number of anilines is 1. The number of nitrogens with one attached hydrogen (secondary N) is 1. The van der Waals surface area contributed by atoms with Crippen LogP contribution in [0.25, 0.3) is 17.2 Å². The summed E-state index contributed by atoms with van der Waals surface area (Å²) in [6, 6.07) is 13.8. The second-order valence-corrected chi connectivity index (χ2v) is 7.74. The topological polar surface area (TPSA) is 111 Å². The number of carbonyl (C=O) groups excluding carboxylic acids is 3. The molecular weight excluding hydrogens is 458 g/mol. The quantitative estimate of drug-likeness (QED) is 0.342. The van der Waals surface area contributed by atoms with Crippen LogP contribution in [0.3, 0.4) is 0 Å². The number of hydrogen-bond donors (Lipinski definition) is 2. The summed E-state index contributed by atoms with van der Waals surface area (Å²) >= 11 is 1.18. The molecule has 9 heteroatoms. The minimum atomic E-state index is -0.732. The van der Waals surface area contributed by atoms with Gasteiger partial charge in [0.25, 0.3) is 5.91 Å². The molecule has 0 radical (unpaired) electrons. The monoisotopic (exact) mass is 481 g/mol. The van der Waals surface area contributed by atoms with Crippen molar-refractivity contribution in [2.45, 2.75) is 6.92 Å². The van der Waals surface area contributed by atoms with Crippen LogP contribution in [0.1, 0.15) is 22.8 Å². The molecule has 0 fully saturated rings. The summed E-state index contributed by atoms with van der Waals surface area (Å²) in [6.45, 7) is 1.35. The summed E-state index contributed by atoms with van der Waals surface area (Å²) < 4.78 is 15.2. The second kappa shape index (κ2) is 11.7. The number of methoxy groups -OCH3 is 1. The molecule has 0 aliphatic heterocycles. The van der Waals surface area contributed by atoms with E-state index in [0.29, 0.717) is 16.1 Å². The van der Waals surface area contributed by atoms with Gasteiger partial charge in [0.2, 0.25) is 0 Å². The van der Waals surface area contributed by atoms with Crippen LogP contribution in [0.5, 0.6) is 11.5 Å². The van der Waals surface area contributed by atoms with Gasteiger partial charge < -0.3 is 24.6 Å². The number of esters is 2. The molecule has 0 aliphatic rings. The molecule has 2 N–H and O–H groups in total. The predicted octanol–water partition coefficient (Wildman–Crippen LogP) is 4.50. The largest absolute Gasteiger partial charge is 0.504 e. The molecule has 0 bridgehead atoms. The molecule has 3 aromatic rings. The van der Waals surface area contributed by atoms with Gasteiger partial charge in [-0.25, -0.2) is 9.59 Å². The van der Waals surface area contributed by atoms with Crippen LogP contribution in [0.15, 0.2) is 60.0 Å². The number of carbonyl (C=O) groups is 3. The summed E-state index contributed by atoms with van der Waals surface area (Å²) in [5, 5.41) is 14.3. The Kier molecular flexibility index (Phi) is 8.42. The van der Waals surface area contributed by atoms with Gasteiger partial charge in [0.1, 0.15) is 10.6 Å². The van der Waals surface area contributed by atoms with E-state index in [2.05, 4.69) is 5.32 Å². The molecule has 0 atom stereocenters. The highest BCUT2D eigenvalue weighted by Crippen LogP contribution is 2.36. The molecule has 3 rings (SSSR count). The van der Waals surface area contributed by atoms with Crippen molar-refractivity contribution in [3.63, 3.8) is 0 Å². The van der Waals surface area contributed by atoms with E-state index in [1.807, 2.05) is 30.3 Å². The average molecular weight is 482 g/mol. The molecule has 0 spiro atoms. The normalized spacial score (nSPS) is 10.6. The minimum Gasteiger partial charge on any atom is -0.504 e. The van der Waals surface area contributed by atoms with Crippen molar-refractivity contribution >= 4 is 40.3 Å².